The Morgan fingerprint density at radius 3 is 2.86 bits per heavy atom. The Bertz CT molecular complexity index is 897. The fraction of sp³-hybridized carbons (Fsp3) is 0.538. The fourth-order valence-electron chi connectivity index (χ4n) is 2.53. The van der Waals surface area contributed by atoms with Crippen LogP contribution >= 0.6 is 8.25 Å². The Balaban J connectivity index is 1.68. The maximum atomic E-state index is 13.5. The molecule has 0 amide bonds. The van der Waals surface area contributed by atoms with Gasteiger partial charge in [-0.2, -0.15) is 14.4 Å². The lowest BCUT2D eigenvalue weighted by Crippen LogP contribution is -2.33. The van der Waals surface area contributed by atoms with Crippen molar-refractivity contribution in [3.8, 4) is 0 Å². The lowest BCUT2D eigenvalue weighted by molar-refractivity contribution is -0.143. The summed E-state index contributed by atoms with van der Waals surface area (Å²) in [5.41, 5.74) is 5.62. The molecule has 15 heteroatoms. The van der Waals surface area contributed by atoms with Crippen LogP contribution in [0.5, 0.6) is 0 Å². The van der Waals surface area contributed by atoms with E-state index < -0.39 is 58.1 Å². The second-order valence-corrected chi connectivity index (χ2v) is 6.58. The van der Waals surface area contributed by atoms with E-state index in [9.17, 15) is 24.0 Å². The molecule has 1 aliphatic heterocycles. The first-order chi connectivity index (χ1) is 13.3. The molecule has 4 N–H and O–H groups in total. The van der Waals surface area contributed by atoms with E-state index in [4.69, 9.17) is 15.0 Å². The summed E-state index contributed by atoms with van der Waals surface area (Å²) in [6.45, 7) is -1.01. The number of methoxy groups -OCH3 is 1. The van der Waals surface area contributed by atoms with Crippen molar-refractivity contribution in [3.05, 3.63) is 12.4 Å². The maximum absolute atomic E-state index is 13.5. The van der Waals surface area contributed by atoms with Gasteiger partial charge in [0.2, 0.25) is 0 Å². The largest absolute Gasteiger partial charge is 0.467 e. The molecule has 153 valence electrons. The molecular formula is C13H16FN5O8P. The predicted octanol–water partition coefficient (Wildman–Crippen LogP) is -0.970. The molecule has 1 aliphatic rings. The predicted molar refractivity (Wildman–Crippen MR) is 87.1 cm³/mol. The smallest absolute Gasteiger partial charge is 0.369 e. The van der Waals surface area contributed by atoms with E-state index in [1.54, 1.807) is 0 Å². The fourth-order valence-corrected chi connectivity index (χ4v) is 3.08. The Hall–Kier alpha value is -2.35. The molecule has 3 rings (SSSR count). The van der Waals surface area contributed by atoms with Gasteiger partial charge in [-0.1, -0.05) is 0 Å². The highest BCUT2D eigenvalue weighted by Crippen LogP contribution is 2.34. The van der Waals surface area contributed by atoms with Crippen molar-refractivity contribution in [2.75, 3.05) is 26.1 Å². The second kappa shape index (κ2) is 8.34. The first kappa shape index (κ1) is 20.4. The zero-order valence-corrected chi connectivity index (χ0v) is 15.2. The summed E-state index contributed by atoms with van der Waals surface area (Å²) in [5.74, 6) is -0.950. The van der Waals surface area contributed by atoms with Gasteiger partial charge in [-0.25, -0.2) is 14.3 Å². The number of aliphatic hydroxyl groups is 2. The first-order valence-corrected chi connectivity index (χ1v) is 8.88. The molecule has 13 nitrogen and oxygen atoms in total. The molecule has 0 saturated carbocycles. The van der Waals surface area contributed by atoms with Crippen molar-refractivity contribution in [1.82, 2.24) is 19.5 Å². The van der Waals surface area contributed by atoms with Crippen molar-refractivity contribution in [3.63, 3.8) is 0 Å². The topological polar surface area (TPSA) is 181 Å². The first-order valence-electron chi connectivity index (χ1n) is 7.79. The third-order valence-electron chi connectivity index (χ3n) is 3.89. The van der Waals surface area contributed by atoms with Gasteiger partial charge < -0.3 is 25.4 Å². The SMILES string of the molecule is COC(=O)CO[P](=O)OC[C@H]1O[C@@H](n2cnc3c(N)nc(F)nc32)[C@@H](O)[C@@H]1O. The van der Waals surface area contributed by atoms with Crippen LogP contribution < -0.4 is 5.73 Å². The zero-order valence-electron chi connectivity index (χ0n) is 14.3. The van der Waals surface area contributed by atoms with Gasteiger partial charge in [-0.15, -0.1) is 0 Å². The van der Waals surface area contributed by atoms with Crippen LogP contribution in [0.2, 0.25) is 0 Å². The number of carbonyl (C=O) groups is 1. The van der Waals surface area contributed by atoms with Crippen LogP contribution in [0.15, 0.2) is 6.33 Å². The molecule has 0 aliphatic carbocycles. The third kappa shape index (κ3) is 4.06. The summed E-state index contributed by atoms with van der Waals surface area (Å²) >= 11 is 0. The molecule has 2 aromatic heterocycles. The number of aliphatic hydroxyl groups excluding tert-OH is 2. The third-order valence-corrected chi connectivity index (χ3v) is 4.59. The van der Waals surface area contributed by atoms with Crippen molar-refractivity contribution in [1.29, 1.82) is 0 Å². The van der Waals surface area contributed by atoms with Crippen molar-refractivity contribution >= 4 is 31.2 Å². The maximum Gasteiger partial charge on any atom is 0.369 e. The zero-order chi connectivity index (χ0) is 20.4. The van der Waals surface area contributed by atoms with Crippen LogP contribution in [0.4, 0.5) is 10.2 Å². The summed E-state index contributed by atoms with van der Waals surface area (Å²) in [7, 11) is -1.56. The van der Waals surface area contributed by atoms with Crippen LogP contribution in [0.1, 0.15) is 6.23 Å². The minimum Gasteiger partial charge on any atom is -0.467 e. The van der Waals surface area contributed by atoms with E-state index >= 15 is 0 Å². The number of rotatable bonds is 7. The standard InChI is InChI=1S/C13H16FN5O8P/c1-24-6(20)3-26-28(23)25-2-5-8(21)9(22)12(27-5)19-4-16-7-10(15)17-13(14)18-11(7)19/h4-5,8-9,12,21-22H,2-3H2,1H3,(H2,15,17,18)/t5-,8-,9+,12-/m1/s1. The van der Waals surface area contributed by atoms with Crippen LogP contribution in [0.25, 0.3) is 11.2 Å². The quantitative estimate of drug-likeness (QED) is 0.284. The Labute approximate surface area is 157 Å². The Kier molecular flexibility index (Phi) is 6.07. The van der Waals surface area contributed by atoms with Crippen LogP contribution in [-0.4, -0.2) is 74.3 Å². The van der Waals surface area contributed by atoms with E-state index in [-0.39, 0.29) is 17.0 Å². The highest BCUT2D eigenvalue weighted by Gasteiger charge is 2.44. The van der Waals surface area contributed by atoms with Crippen molar-refractivity contribution < 1.29 is 42.5 Å². The molecule has 2 aromatic rings. The number of carbonyl (C=O) groups excluding carboxylic acids is 1. The van der Waals surface area contributed by atoms with E-state index in [0.29, 0.717) is 0 Å². The van der Waals surface area contributed by atoms with Gasteiger partial charge in [0.1, 0.15) is 18.3 Å². The highest BCUT2D eigenvalue weighted by atomic mass is 31.1. The second-order valence-electron chi connectivity index (χ2n) is 5.62. The number of nitrogens with two attached hydrogens (primary N) is 1. The molecule has 1 fully saturated rings. The van der Waals surface area contributed by atoms with E-state index in [1.807, 2.05) is 0 Å². The van der Waals surface area contributed by atoms with Crippen LogP contribution in [0, 0.1) is 6.08 Å². The number of hydrogen-bond donors (Lipinski definition) is 3. The molecule has 3 heterocycles. The van der Waals surface area contributed by atoms with Crippen LogP contribution in [0.3, 0.4) is 0 Å². The van der Waals surface area contributed by atoms with Gasteiger partial charge in [0.05, 0.1) is 20.0 Å². The molecule has 1 radical (unpaired) electrons. The Morgan fingerprint density at radius 2 is 2.14 bits per heavy atom. The summed E-state index contributed by atoms with van der Waals surface area (Å²) in [6, 6.07) is 0. The van der Waals surface area contributed by atoms with Gasteiger partial charge in [0, 0.05) is 0 Å². The minimum absolute atomic E-state index is 0.0460. The van der Waals surface area contributed by atoms with Crippen molar-refractivity contribution in [2.45, 2.75) is 24.5 Å². The average molecular weight is 420 g/mol. The number of esters is 1. The molecule has 0 aromatic carbocycles. The molecule has 0 spiro atoms. The molecule has 5 atom stereocenters. The number of nitrogen functional groups attached to an aromatic ring is 1. The van der Waals surface area contributed by atoms with Gasteiger partial charge in [0.25, 0.3) is 0 Å². The molecule has 28 heavy (non-hydrogen) atoms. The van der Waals surface area contributed by atoms with Gasteiger partial charge >= 0.3 is 20.3 Å². The monoisotopic (exact) mass is 420 g/mol. The summed E-state index contributed by atoms with van der Waals surface area (Å²) in [4.78, 5) is 21.8. The van der Waals surface area contributed by atoms with E-state index in [1.165, 1.54) is 10.9 Å². The number of halogens is 1. The van der Waals surface area contributed by atoms with E-state index in [2.05, 4.69) is 24.2 Å². The number of ether oxygens (including phenoxy) is 2. The lowest BCUT2D eigenvalue weighted by Gasteiger charge is -2.16. The van der Waals surface area contributed by atoms with Gasteiger partial charge in [-0.3, -0.25) is 13.6 Å². The minimum atomic E-state index is -2.69. The molecule has 1 saturated heterocycles. The normalized spacial score (nSPS) is 25.2. The summed E-state index contributed by atoms with van der Waals surface area (Å²) in [6.07, 6.45) is -5.11. The van der Waals surface area contributed by atoms with Gasteiger partial charge in [0.15, 0.2) is 29.8 Å². The van der Waals surface area contributed by atoms with Gasteiger partial charge in [-0.05, 0) is 0 Å². The number of aromatic nitrogens is 4. The lowest BCUT2D eigenvalue weighted by atomic mass is 10.1. The number of hydrogen-bond acceptors (Lipinski definition) is 12. The number of imidazole rings is 1. The molecular weight excluding hydrogens is 404 g/mol. The van der Waals surface area contributed by atoms with E-state index in [0.717, 1.165) is 7.11 Å². The van der Waals surface area contributed by atoms with Crippen molar-refractivity contribution in [2.24, 2.45) is 0 Å². The Morgan fingerprint density at radius 1 is 1.39 bits per heavy atom. The average Bonchev–Trinajstić information content (AvgIpc) is 3.20. The number of fused-ring (bicyclic) bond motifs is 1. The molecule has 1 unspecified atom stereocenters. The number of anilines is 1. The summed E-state index contributed by atoms with van der Waals surface area (Å²) < 4.78 is 45.6. The highest BCUT2D eigenvalue weighted by molar-refractivity contribution is 7.33. The van der Waals surface area contributed by atoms with Crippen LogP contribution in [-0.2, 0) is 27.9 Å². The summed E-state index contributed by atoms with van der Waals surface area (Å²) in [5, 5.41) is 20.4. The molecule has 0 bridgehead atoms. The number of nitrogens with zero attached hydrogens (tertiary/aromatic N) is 4.